The lowest BCUT2D eigenvalue weighted by Gasteiger charge is -2.18. The fourth-order valence-electron chi connectivity index (χ4n) is 2.56. The summed E-state index contributed by atoms with van der Waals surface area (Å²) in [7, 11) is 0. The van der Waals surface area contributed by atoms with E-state index in [4.69, 9.17) is 4.74 Å². The second-order valence-electron chi connectivity index (χ2n) is 5.58. The van der Waals surface area contributed by atoms with E-state index in [-0.39, 0.29) is 24.1 Å². The first kappa shape index (κ1) is 16.3. The summed E-state index contributed by atoms with van der Waals surface area (Å²) in [6.45, 7) is -0.00864. The lowest BCUT2D eigenvalue weighted by molar-refractivity contribution is -0.118. The Morgan fingerprint density at radius 1 is 1.23 bits per heavy atom. The molecule has 1 N–H and O–H groups in total. The number of ketones is 1. The number of carbonyl (C=O) groups is 2. The van der Waals surface area contributed by atoms with E-state index in [0.717, 1.165) is 5.69 Å². The molecular formula is C18H14N4O3S. The Labute approximate surface area is 153 Å². The zero-order valence-corrected chi connectivity index (χ0v) is 14.4. The molecular weight excluding hydrogens is 352 g/mol. The predicted molar refractivity (Wildman–Crippen MR) is 97.0 cm³/mol. The third kappa shape index (κ3) is 3.31. The van der Waals surface area contributed by atoms with E-state index in [9.17, 15) is 9.59 Å². The standard InChI is InChI=1S/C18H14N4O3S/c23-15(12-6-7-16-14(8-12)20-17(24)9-25-16)10-26-18-21-19-11-22(18)13-4-2-1-3-5-13/h1-8,11H,9-10H2,(H,20,24). The van der Waals surface area contributed by atoms with Crippen LogP contribution >= 0.6 is 11.8 Å². The van der Waals surface area contributed by atoms with Gasteiger partial charge >= 0.3 is 0 Å². The van der Waals surface area contributed by atoms with Gasteiger partial charge in [0, 0.05) is 11.3 Å². The summed E-state index contributed by atoms with van der Waals surface area (Å²) in [5.74, 6) is 0.476. The van der Waals surface area contributed by atoms with Gasteiger partial charge in [-0.25, -0.2) is 0 Å². The molecule has 1 aliphatic rings. The molecule has 8 heteroatoms. The molecule has 0 spiro atoms. The van der Waals surface area contributed by atoms with Gasteiger partial charge in [-0.1, -0.05) is 30.0 Å². The number of hydrogen-bond acceptors (Lipinski definition) is 6. The van der Waals surface area contributed by atoms with Gasteiger partial charge in [0.15, 0.2) is 17.5 Å². The molecule has 0 unspecified atom stereocenters. The van der Waals surface area contributed by atoms with Crippen LogP contribution in [0.1, 0.15) is 10.4 Å². The van der Waals surface area contributed by atoms with E-state index in [1.54, 1.807) is 24.5 Å². The van der Waals surface area contributed by atoms with Crippen LogP contribution in [0.2, 0.25) is 0 Å². The molecule has 0 atom stereocenters. The van der Waals surface area contributed by atoms with Crippen molar-refractivity contribution in [2.24, 2.45) is 0 Å². The molecule has 1 aliphatic heterocycles. The molecule has 0 aliphatic carbocycles. The van der Waals surface area contributed by atoms with E-state index >= 15 is 0 Å². The van der Waals surface area contributed by atoms with Crippen molar-refractivity contribution in [3.05, 3.63) is 60.4 Å². The van der Waals surface area contributed by atoms with Crippen molar-refractivity contribution in [3.63, 3.8) is 0 Å². The van der Waals surface area contributed by atoms with Crippen LogP contribution in [-0.2, 0) is 4.79 Å². The summed E-state index contributed by atoms with van der Waals surface area (Å²) < 4.78 is 7.14. The number of aromatic nitrogens is 3. The summed E-state index contributed by atoms with van der Waals surface area (Å²) in [5.41, 5.74) is 1.96. The molecule has 1 amide bonds. The first-order valence-electron chi connectivity index (χ1n) is 7.89. The second kappa shape index (κ2) is 7.01. The number of Topliss-reactive ketones (excluding diaryl/α,β-unsaturated/α-hetero) is 1. The van der Waals surface area contributed by atoms with Gasteiger partial charge in [-0.2, -0.15) is 0 Å². The quantitative estimate of drug-likeness (QED) is 0.552. The number of anilines is 1. The van der Waals surface area contributed by atoms with Crippen molar-refractivity contribution in [2.75, 3.05) is 17.7 Å². The molecule has 2 aromatic carbocycles. The van der Waals surface area contributed by atoms with Crippen molar-refractivity contribution in [1.82, 2.24) is 14.8 Å². The number of para-hydroxylation sites is 1. The minimum atomic E-state index is -0.229. The Morgan fingerprint density at radius 2 is 2.08 bits per heavy atom. The number of thioether (sulfide) groups is 1. The van der Waals surface area contributed by atoms with E-state index in [2.05, 4.69) is 15.5 Å². The molecule has 4 rings (SSSR count). The maximum atomic E-state index is 12.5. The summed E-state index contributed by atoms with van der Waals surface area (Å²) in [4.78, 5) is 23.9. The van der Waals surface area contributed by atoms with E-state index in [1.807, 2.05) is 34.9 Å². The summed E-state index contributed by atoms with van der Waals surface area (Å²) in [6.07, 6.45) is 1.62. The molecule has 130 valence electrons. The summed E-state index contributed by atoms with van der Waals surface area (Å²) >= 11 is 1.31. The summed E-state index contributed by atoms with van der Waals surface area (Å²) in [5, 5.41) is 11.4. The van der Waals surface area contributed by atoms with Crippen LogP contribution in [0, 0.1) is 0 Å². The van der Waals surface area contributed by atoms with Crippen LogP contribution in [-0.4, -0.2) is 38.8 Å². The number of ether oxygens (including phenoxy) is 1. The minimum absolute atomic E-state index is 0.00864. The van der Waals surface area contributed by atoms with Gasteiger partial charge in [-0.15, -0.1) is 10.2 Å². The van der Waals surface area contributed by atoms with Crippen LogP contribution in [0.3, 0.4) is 0 Å². The molecule has 0 bridgehead atoms. The van der Waals surface area contributed by atoms with Gasteiger partial charge in [-0.3, -0.25) is 14.2 Å². The lowest BCUT2D eigenvalue weighted by Crippen LogP contribution is -2.25. The van der Waals surface area contributed by atoms with Gasteiger partial charge in [0.05, 0.1) is 11.4 Å². The maximum Gasteiger partial charge on any atom is 0.262 e. The largest absolute Gasteiger partial charge is 0.482 e. The Balaban J connectivity index is 1.48. The minimum Gasteiger partial charge on any atom is -0.482 e. The normalized spacial score (nSPS) is 12.8. The third-order valence-corrected chi connectivity index (χ3v) is 4.76. The number of fused-ring (bicyclic) bond motifs is 1. The van der Waals surface area contributed by atoms with Crippen molar-refractivity contribution in [2.45, 2.75) is 5.16 Å². The van der Waals surface area contributed by atoms with Crippen molar-refractivity contribution in [3.8, 4) is 11.4 Å². The Morgan fingerprint density at radius 3 is 2.92 bits per heavy atom. The number of rotatable bonds is 5. The van der Waals surface area contributed by atoms with Gasteiger partial charge in [-0.05, 0) is 30.3 Å². The highest BCUT2D eigenvalue weighted by Gasteiger charge is 2.18. The Hall–Kier alpha value is -3.13. The Bertz CT molecular complexity index is 972. The van der Waals surface area contributed by atoms with Crippen molar-refractivity contribution < 1.29 is 14.3 Å². The maximum absolute atomic E-state index is 12.5. The molecule has 1 aromatic heterocycles. The van der Waals surface area contributed by atoms with Crippen LogP contribution < -0.4 is 10.1 Å². The zero-order chi connectivity index (χ0) is 17.9. The number of nitrogens with zero attached hydrogens (tertiary/aromatic N) is 3. The number of nitrogens with one attached hydrogen (secondary N) is 1. The molecule has 0 saturated carbocycles. The molecule has 7 nitrogen and oxygen atoms in total. The fourth-order valence-corrected chi connectivity index (χ4v) is 3.38. The van der Waals surface area contributed by atoms with Gasteiger partial charge < -0.3 is 10.1 Å². The van der Waals surface area contributed by atoms with Crippen molar-refractivity contribution in [1.29, 1.82) is 0 Å². The van der Waals surface area contributed by atoms with E-state index < -0.39 is 0 Å². The van der Waals surface area contributed by atoms with Crippen molar-refractivity contribution >= 4 is 29.1 Å². The SMILES string of the molecule is O=C1COc2ccc(C(=O)CSc3nncn3-c3ccccc3)cc2N1. The fraction of sp³-hybridized carbons (Fsp3) is 0.111. The lowest BCUT2D eigenvalue weighted by atomic mass is 10.1. The Kier molecular flexibility index (Phi) is 4.40. The van der Waals surface area contributed by atoms with Gasteiger partial charge in [0.25, 0.3) is 5.91 Å². The van der Waals surface area contributed by atoms with E-state index in [1.165, 1.54) is 11.8 Å². The first-order valence-corrected chi connectivity index (χ1v) is 8.87. The van der Waals surface area contributed by atoms with Crippen LogP contribution in [0.25, 0.3) is 5.69 Å². The molecule has 0 radical (unpaired) electrons. The molecule has 2 heterocycles. The third-order valence-electron chi connectivity index (χ3n) is 3.82. The molecule has 0 saturated heterocycles. The second-order valence-corrected chi connectivity index (χ2v) is 6.52. The van der Waals surface area contributed by atoms with Crippen LogP contribution in [0.15, 0.2) is 60.0 Å². The van der Waals surface area contributed by atoms with Gasteiger partial charge in [0.1, 0.15) is 12.1 Å². The molecule has 0 fully saturated rings. The van der Waals surface area contributed by atoms with Crippen LogP contribution in [0.5, 0.6) is 5.75 Å². The average Bonchev–Trinajstić information content (AvgIpc) is 3.15. The number of amides is 1. The highest BCUT2D eigenvalue weighted by molar-refractivity contribution is 7.99. The smallest absolute Gasteiger partial charge is 0.262 e. The monoisotopic (exact) mass is 366 g/mol. The molecule has 26 heavy (non-hydrogen) atoms. The predicted octanol–water partition coefficient (Wildman–Crippen LogP) is 2.57. The number of carbonyl (C=O) groups excluding carboxylic acids is 2. The number of hydrogen-bond donors (Lipinski definition) is 1. The highest BCUT2D eigenvalue weighted by atomic mass is 32.2. The van der Waals surface area contributed by atoms with E-state index in [0.29, 0.717) is 22.2 Å². The highest BCUT2D eigenvalue weighted by Crippen LogP contribution is 2.29. The topological polar surface area (TPSA) is 86.1 Å². The number of benzene rings is 2. The summed E-state index contributed by atoms with van der Waals surface area (Å²) in [6, 6.07) is 14.7. The van der Waals surface area contributed by atoms with Crippen LogP contribution in [0.4, 0.5) is 5.69 Å². The average molecular weight is 366 g/mol. The van der Waals surface area contributed by atoms with Gasteiger partial charge in [0.2, 0.25) is 0 Å². The zero-order valence-electron chi connectivity index (χ0n) is 13.6. The molecule has 3 aromatic rings. The first-order chi connectivity index (χ1) is 12.7.